The first-order valence-corrected chi connectivity index (χ1v) is 5.40. The number of nitro groups is 1. The molecular weight excluding hydrogens is 206 g/mol. The van der Waals surface area contributed by atoms with E-state index in [0.29, 0.717) is 17.7 Å². The molecule has 5 nitrogen and oxygen atoms in total. The van der Waals surface area contributed by atoms with Gasteiger partial charge in [-0.3, -0.25) is 15.1 Å². The Kier molecular flexibility index (Phi) is 4.37. The van der Waals surface area contributed by atoms with Gasteiger partial charge in [-0.15, -0.1) is 0 Å². The van der Waals surface area contributed by atoms with Crippen LogP contribution < -0.4 is 5.73 Å². The highest BCUT2D eigenvalue weighted by molar-refractivity contribution is 5.38. The van der Waals surface area contributed by atoms with Gasteiger partial charge < -0.3 is 5.73 Å². The minimum atomic E-state index is -0.383. The smallest absolute Gasteiger partial charge is 0.275 e. The molecule has 0 aliphatic carbocycles. The summed E-state index contributed by atoms with van der Waals surface area (Å²) in [4.78, 5) is 14.5. The van der Waals surface area contributed by atoms with Crippen molar-refractivity contribution in [3.63, 3.8) is 0 Å². The highest BCUT2D eigenvalue weighted by Crippen LogP contribution is 2.18. The van der Waals surface area contributed by atoms with E-state index in [9.17, 15) is 10.1 Å². The number of aromatic nitrogens is 1. The molecule has 1 atom stereocenters. The van der Waals surface area contributed by atoms with E-state index in [1.54, 1.807) is 6.92 Å². The molecule has 88 valence electrons. The summed E-state index contributed by atoms with van der Waals surface area (Å²) in [6.07, 6.45) is 4.04. The van der Waals surface area contributed by atoms with Gasteiger partial charge in [0.1, 0.15) is 0 Å². The van der Waals surface area contributed by atoms with Gasteiger partial charge in [-0.1, -0.05) is 13.3 Å². The minimum absolute atomic E-state index is 0.0276. The third-order valence-corrected chi connectivity index (χ3v) is 2.46. The Morgan fingerprint density at radius 1 is 1.62 bits per heavy atom. The van der Waals surface area contributed by atoms with E-state index < -0.39 is 0 Å². The van der Waals surface area contributed by atoms with E-state index in [4.69, 9.17) is 5.73 Å². The molecule has 16 heavy (non-hydrogen) atoms. The van der Waals surface area contributed by atoms with Gasteiger partial charge in [0.2, 0.25) is 0 Å². The molecule has 2 N–H and O–H groups in total. The lowest BCUT2D eigenvalue weighted by Crippen LogP contribution is -2.22. The number of rotatable bonds is 5. The highest BCUT2D eigenvalue weighted by atomic mass is 16.6. The largest absolute Gasteiger partial charge is 0.327 e. The van der Waals surface area contributed by atoms with Gasteiger partial charge in [0.05, 0.1) is 4.92 Å². The van der Waals surface area contributed by atoms with Crippen LogP contribution in [0.15, 0.2) is 12.3 Å². The Hall–Kier alpha value is -1.49. The Morgan fingerprint density at radius 2 is 2.31 bits per heavy atom. The topological polar surface area (TPSA) is 82.0 Å². The van der Waals surface area contributed by atoms with Crippen molar-refractivity contribution in [2.45, 2.75) is 39.2 Å². The van der Waals surface area contributed by atoms with Gasteiger partial charge in [0, 0.05) is 36.0 Å². The van der Waals surface area contributed by atoms with Crippen molar-refractivity contribution in [2.75, 3.05) is 0 Å². The van der Waals surface area contributed by atoms with Crippen LogP contribution in [0.25, 0.3) is 0 Å². The summed E-state index contributed by atoms with van der Waals surface area (Å²) in [6, 6.07) is 1.55. The van der Waals surface area contributed by atoms with Crippen molar-refractivity contribution in [1.29, 1.82) is 0 Å². The maximum Gasteiger partial charge on any atom is 0.275 e. The summed E-state index contributed by atoms with van der Waals surface area (Å²) in [5.41, 5.74) is 7.26. The predicted octanol–water partition coefficient (Wildman–Crippen LogP) is 1.97. The minimum Gasteiger partial charge on any atom is -0.327 e. The maximum atomic E-state index is 10.7. The second-order valence-electron chi connectivity index (χ2n) is 3.97. The zero-order valence-corrected chi connectivity index (χ0v) is 9.64. The van der Waals surface area contributed by atoms with Gasteiger partial charge >= 0.3 is 0 Å². The number of pyridine rings is 1. The molecule has 0 radical (unpaired) electrons. The second kappa shape index (κ2) is 5.55. The van der Waals surface area contributed by atoms with Crippen molar-refractivity contribution >= 4 is 5.69 Å². The molecule has 0 amide bonds. The molecule has 1 aromatic rings. The first-order valence-electron chi connectivity index (χ1n) is 5.40. The monoisotopic (exact) mass is 223 g/mol. The SMILES string of the molecule is CCCC(N)Cc1cc([N+](=O)[O-])c(C)cn1. The maximum absolute atomic E-state index is 10.7. The third-order valence-electron chi connectivity index (χ3n) is 2.46. The number of hydrogen-bond acceptors (Lipinski definition) is 4. The van der Waals surface area contributed by atoms with Crippen LogP contribution in [0.4, 0.5) is 5.69 Å². The first-order chi connectivity index (χ1) is 7.54. The van der Waals surface area contributed by atoms with Crippen LogP contribution in [-0.4, -0.2) is 15.9 Å². The van der Waals surface area contributed by atoms with Gasteiger partial charge in [0.25, 0.3) is 5.69 Å². The second-order valence-corrected chi connectivity index (χ2v) is 3.97. The van der Waals surface area contributed by atoms with Crippen molar-refractivity contribution in [3.8, 4) is 0 Å². The van der Waals surface area contributed by atoms with Crippen LogP contribution in [0.3, 0.4) is 0 Å². The molecule has 0 spiro atoms. The van der Waals surface area contributed by atoms with Crippen LogP contribution in [0.5, 0.6) is 0 Å². The lowest BCUT2D eigenvalue weighted by molar-refractivity contribution is -0.385. The Bertz CT molecular complexity index is 379. The molecule has 1 aromatic heterocycles. The van der Waals surface area contributed by atoms with Gasteiger partial charge in [0.15, 0.2) is 0 Å². The molecule has 0 saturated carbocycles. The molecule has 0 saturated heterocycles. The Labute approximate surface area is 94.8 Å². The van der Waals surface area contributed by atoms with Crippen LogP contribution in [0, 0.1) is 17.0 Å². The van der Waals surface area contributed by atoms with Gasteiger partial charge in [-0.2, -0.15) is 0 Å². The van der Waals surface area contributed by atoms with E-state index >= 15 is 0 Å². The van der Waals surface area contributed by atoms with Crippen molar-refractivity contribution < 1.29 is 4.92 Å². The van der Waals surface area contributed by atoms with Crippen molar-refractivity contribution in [3.05, 3.63) is 33.6 Å². The van der Waals surface area contributed by atoms with E-state index in [1.165, 1.54) is 12.3 Å². The zero-order chi connectivity index (χ0) is 12.1. The van der Waals surface area contributed by atoms with E-state index in [0.717, 1.165) is 12.8 Å². The summed E-state index contributed by atoms with van der Waals surface area (Å²) in [6.45, 7) is 3.74. The molecule has 0 aliphatic rings. The third kappa shape index (κ3) is 3.27. The molecule has 0 fully saturated rings. The van der Waals surface area contributed by atoms with Gasteiger partial charge in [-0.25, -0.2) is 0 Å². The molecule has 1 rings (SSSR count). The molecule has 5 heteroatoms. The molecule has 0 bridgehead atoms. The Morgan fingerprint density at radius 3 is 2.88 bits per heavy atom. The van der Waals surface area contributed by atoms with Crippen LogP contribution in [0.2, 0.25) is 0 Å². The fourth-order valence-corrected chi connectivity index (χ4v) is 1.60. The average molecular weight is 223 g/mol. The van der Waals surface area contributed by atoms with Crippen LogP contribution in [-0.2, 0) is 6.42 Å². The predicted molar refractivity (Wildman–Crippen MR) is 62.2 cm³/mol. The lowest BCUT2D eigenvalue weighted by atomic mass is 10.1. The Balaban J connectivity index is 2.82. The number of nitrogens with zero attached hydrogens (tertiary/aromatic N) is 2. The lowest BCUT2D eigenvalue weighted by Gasteiger charge is -2.09. The molecule has 0 aliphatic heterocycles. The van der Waals surface area contributed by atoms with E-state index in [-0.39, 0.29) is 16.7 Å². The fourth-order valence-electron chi connectivity index (χ4n) is 1.60. The van der Waals surface area contributed by atoms with E-state index in [2.05, 4.69) is 11.9 Å². The molecule has 1 heterocycles. The standard InChI is InChI=1S/C11H17N3O2/c1-3-4-9(12)5-10-6-11(14(15)16)8(2)7-13-10/h6-7,9H,3-5,12H2,1-2H3. The van der Waals surface area contributed by atoms with Gasteiger partial charge in [-0.05, 0) is 13.3 Å². The number of hydrogen-bond donors (Lipinski definition) is 1. The summed E-state index contributed by atoms with van der Waals surface area (Å²) in [5, 5.41) is 10.7. The average Bonchev–Trinajstić information content (AvgIpc) is 2.21. The van der Waals surface area contributed by atoms with Crippen LogP contribution >= 0.6 is 0 Å². The summed E-state index contributed by atoms with van der Waals surface area (Å²) >= 11 is 0. The van der Waals surface area contributed by atoms with E-state index in [1.807, 2.05) is 0 Å². The molecule has 0 aromatic carbocycles. The quantitative estimate of drug-likeness (QED) is 0.611. The van der Waals surface area contributed by atoms with Crippen molar-refractivity contribution in [1.82, 2.24) is 4.98 Å². The van der Waals surface area contributed by atoms with Crippen LogP contribution in [0.1, 0.15) is 31.0 Å². The van der Waals surface area contributed by atoms with Crippen molar-refractivity contribution in [2.24, 2.45) is 5.73 Å². The summed E-state index contributed by atoms with van der Waals surface area (Å²) < 4.78 is 0. The molecule has 1 unspecified atom stereocenters. The highest BCUT2D eigenvalue weighted by Gasteiger charge is 2.13. The fraction of sp³-hybridized carbons (Fsp3) is 0.545. The number of aryl methyl sites for hydroxylation is 1. The number of nitrogens with two attached hydrogens (primary N) is 1. The summed E-state index contributed by atoms with van der Waals surface area (Å²) in [7, 11) is 0. The zero-order valence-electron chi connectivity index (χ0n) is 9.64. The first kappa shape index (κ1) is 12.6. The molecular formula is C11H17N3O2. The normalized spacial score (nSPS) is 12.4. The summed E-state index contributed by atoms with van der Waals surface area (Å²) in [5.74, 6) is 0.